The first kappa shape index (κ1) is 13.6. The molecule has 0 aliphatic carbocycles. The second-order valence-electron chi connectivity index (χ2n) is 4.64. The number of amides is 2. The molecule has 0 radical (unpaired) electrons. The van der Waals surface area contributed by atoms with Crippen molar-refractivity contribution in [2.75, 3.05) is 6.54 Å². The third kappa shape index (κ3) is 3.61. The first-order valence-corrected chi connectivity index (χ1v) is 7.66. The van der Waals surface area contributed by atoms with Crippen LogP contribution in [-0.4, -0.2) is 22.0 Å². The highest BCUT2D eigenvalue weighted by Gasteiger charge is 2.03. The molecule has 0 atom stereocenters. The third-order valence-electron chi connectivity index (χ3n) is 3.08. The highest BCUT2D eigenvalue weighted by Crippen LogP contribution is 2.07. The molecule has 0 aromatic carbocycles. The first-order chi connectivity index (χ1) is 10.3. The number of carbonyl (C=O) groups excluding carboxylic acids is 1. The number of hydrogen-bond donors (Lipinski definition) is 2. The van der Waals surface area contributed by atoms with Gasteiger partial charge in [-0.05, 0) is 23.6 Å². The lowest BCUT2D eigenvalue weighted by atomic mass is 10.3. The summed E-state index contributed by atoms with van der Waals surface area (Å²) in [6, 6.07) is 9.72. The number of thiophene rings is 1. The van der Waals surface area contributed by atoms with Gasteiger partial charge in [-0.25, -0.2) is 9.78 Å². The molecular formula is C15H16N4OS. The van der Waals surface area contributed by atoms with Crippen LogP contribution in [0, 0.1) is 0 Å². The van der Waals surface area contributed by atoms with Crippen LogP contribution in [0.15, 0.2) is 48.1 Å². The van der Waals surface area contributed by atoms with Crippen LogP contribution >= 0.6 is 11.3 Å². The summed E-state index contributed by atoms with van der Waals surface area (Å²) in [5.74, 6) is 0. The van der Waals surface area contributed by atoms with Gasteiger partial charge in [-0.1, -0.05) is 12.1 Å². The number of urea groups is 1. The van der Waals surface area contributed by atoms with Crippen LogP contribution in [0.25, 0.3) is 5.65 Å². The van der Waals surface area contributed by atoms with Gasteiger partial charge in [0.1, 0.15) is 5.65 Å². The van der Waals surface area contributed by atoms with Crippen molar-refractivity contribution in [1.82, 2.24) is 20.0 Å². The predicted octanol–water partition coefficient (Wildman–Crippen LogP) is 2.44. The number of rotatable bonds is 5. The molecule has 0 saturated carbocycles. The number of pyridine rings is 1. The minimum Gasteiger partial charge on any atom is -0.338 e. The fraction of sp³-hybridized carbons (Fsp3) is 0.200. The van der Waals surface area contributed by atoms with E-state index >= 15 is 0 Å². The van der Waals surface area contributed by atoms with Crippen molar-refractivity contribution in [2.24, 2.45) is 0 Å². The Hall–Kier alpha value is -2.34. The Kier molecular flexibility index (Phi) is 4.16. The molecule has 2 N–H and O–H groups in total. The van der Waals surface area contributed by atoms with E-state index in [1.807, 2.05) is 52.5 Å². The van der Waals surface area contributed by atoms with Crippen LogP contribution in [0.5, 0.6) is 0 Å². The molecule has 0 fully saturated rings. The highest BCUT2D eigenvalue weighted by atomic mass is 32.1. The topological polar surface area (TPSA) is 58.4 Å². The summed E-state index contributed by atoms with van der Waals surface area (Å²) in [5, 5.41) is 7.67. The SMILES string of the molecule is O=C(NCCc1cn2ccccc2n1)NCc1cccs1. The zero-order chi connectivity index (χ0) is 14.5. The van der Waals surface area contributed by atoms with Gasteiger partial charge in [0, 0.05) is 30.2 Å². The standard InChI is InChI=1S/C15H16N4OS/c20-15(17-10-13-4-3-9-21-13)16-7-6-12-11-19-8-2-1-5-14(19)18-12/h1-5,8-9,11H,6-7,10H2,(H2,16,17,20). The van der Waals surface area contributed by atoms with E-state index in [1.165, 1.54) is 0 Å². The van der Waals surface area contributed by atoms with E-state index in [4.69, 9.17) is 0 Å². The Morgan fingerprint density at radius 1 is 1.24 bits per heavy atom. The number of fused-ring (bicyclic) bond motifs is 1. The average Bonchev–Trinajstić information content (AvgIpc) is 3.14. The van der Waals surface area contributed by atoms with Crippen molar-refractivity contribution in [3.63, 3.8) is 0 Å². The maximum atomic E-state index is 11.7. The van der Waals surface area contributed by atoms with Crippen molar-refractivity contribution in [3.8, 4) is 0 Å². The van der Waals surface area contributed by atoms with Gasteiger partial charge in [0.05, 0.1) is 12.2 Å². The summed E-state index contributed by atoms with van der Waals surface area (Å²) in [4.78, 5) is 17.3. The molecule has 3 heterocycles. The molecule has 108 valence electrons. The Morgan fingerprint density at radius 3 is 3.00 bits per heavy atom. The molecule has 5 nitrogen and oxygen atoms in total. The predicted molar refractivity (Wildman–Crippen MR) is 83.5 cm³/mol. The number of carbonyl (C=O) groups is 1. The largest absolute Gasteiger partial charge is 0.338 e. The molecule has 0 unspecified atom stereocenters. The van der Waals surface area contributed by atoms with E-state index in [2.05, 4.69) is 15.6 Å². The Labute approximate surface area is 126 Å². The minimum atomic E-state index is -0.146. The molecule has 0 bridgehead atoms. The summed E-state index contributed by atoms with van der Waals surface area (Å²) < 4.78 is 1.98. The van der Waals surface area contributed by atoms with Crippen LogP contribution in [0.4, 0.5) is 4.79 Å². The highest BCUT2D eigenvalue weighted by molar-refractivity contribution is 7.09. The van der Waals surface area contributed by atoms with Crippen LogP contribution in [0.3, 0.4) is 0 Å². The van der Waals surface area contributed by atoms with Gasteiger partial charge in [0.15, 0.2) is 0 Å². The second kappa shape index (κ2) is 6.41. The quantitative estimate of drug-likeness (QED) is 0.760. The number of nitrogens with one attached hydrogen (secondary N) is 2. The Morgan fingerprint density at radius 2 is 2.19 bits per heavy atom. The molecular weight excluding hydrogens is 284 g/mol. The monoisotopic (exact) mass is 300 g/mol. The summed E-state index contributed by atoms with van der Waals surface area (Å²) in [6.45, 7) is 1.14. The fourth-order valence-electron chi connectivity index (χ4n) is 2.05. The molecule has 3 aromatic heterocycles. The smallest absolute Gasteiger partial charge is 0.315 e. The molecule has 3 rings (SSSR count). The lowest BCUT2D eigenvalue weighted by molar-refractivity contribution is 0.240. The zero-order valence-electron chi connectivity index (χ0n) is 11.5. The molecule has 0 aliphatic heterocycles. The maximum Gasteiger partial charge on any atom is 0.315 e. The maximum absolute atomic E-state index is 11.7. The summed E-state index contributed by atoms with van der Waals surface area (Å²) in [5.41, 5.74) is 1.90. The van der Waals surface area contributed by atoms with Crippen LogP contribution < -0.4 is 10.6 Å². The normalized spacial score (nSPS) is 10.7. The molecule has 6 heteroatoms. The van der Waals surface area contributed by atoms with E-state index in [0.717, 1.165) is 16.2 Å². The van der Waals surface area contributed by atoms with Crippen LogP contribution in [0.1, 0.15) is 10.6 Å². The van der Waals surface area contributed by atoms with Gasteiger partial charge >= 0.3 is 6.03 Å². The van der Waals surface area contributed by atoms with Gasteiger partial charge < -0.3 is 15.0 Å². The van der Waals surface area contributed by atoms with Crippen LogP contribution in [0.2, 0.25) is 0 Å². The molecule has 0 spiro atoms. The van der Waals surface area contributed by atoms with E-state index in [1.54, 1.807) is 11.3 Å². The van der Waals surface area contributed by atoms with Gasteiger partial charge in [0.2, 0.25) is 0 Å². The molecule has 3 aromatic rings. The number of hydrogen-bond acceptors (Lipinski definition) is 3. The molecule has 2 amide bonds. The van der Waals surface area contributed by atoms with Crippen molar-refractivity contribution in [1.29, 1.82) is 0 Å². The van der Waals surface area contributed by atoms with Gasteiger partial charge in [-0.3, -0.25) is 0 Å². The van der Waals surface area contributed by atoms with Gasteiger partial charge in [0.25, 0.3) is 0 Å². The van der Waals surface area contributed by atoms with E-state index in [9.17, 15) is 4.79 Å². The van der Waals surface area contributed by atoms with E-state index < -0.39 is 0 Å². The second-order valence-corrected chi connectivity index (χ2v) is 5.67. The van der Waals surface area contributed by atoms with Crippen molar-refractivity contribution in [3.05, 3.63) is 58.7 Å². The lowest BCUT2D eigenvalue weighted by Gasteiger charge is -2.05. The number of aromatic nitrogens is 2. The minimum absolute atomic E-state index is 0.146. The average molecular weight is 300 g/mol. The summed E-state index contributed by atoms with van der Waals surface area (Å²) in [7, 11) is 0. The van der Waals surface area contributed by atoms with E-state index in [-0.39, 0.29) is 6.03 Å². The fourth-order valence-corrected chi connectivity index (χ4v) is 2.70. The molecule has 21 heavy (non-hydrogen) atoms. The Balaban J connectivity index is 1.44. The number of nitrogens with zero attached hydrogens (tertiary/aromatic N) is 2. The Bertz CT molecular complexity index is 687. The van der Waals surface area contributed by atoms with Crippen molar-refractivity contribution < 1.29 is 4.79 Å². The molecule has 0 saturated heterocycles. The van der Waals surface area contributed by atoms with E-state index in [0.29, 0.717) is 19.5 Å². The first-order valence-electron chi connectivity index (χ1n) is 6.78. The third-order valence-corrected chi connectivity index (χ3v) is 3.96. The van der Waals surface area contributed by atoms with Gasteiger partial charge in [-0.2, -0.15) is 0 Å². The molecule has 0 aliphatic rings. The van der Waals surface area contributed by atoms with Gasteiger partial charge in [-0.15, -0.1) is 11.3 Å². The van der Waals surface area contributed by atoms with Crippen molar-refractivity contribution in [2.45, 2.75) is 13.0 Å². The van der Waals surface area contributed by atoms with Crippen LogP contribution in [-0.2, 0) is 13.0 Å². The zero-order valence-corrected chi connectivity index (χ0v) is 12.3. The summed E-state index contributed by atoms with van der Waals surface area (Å²) in [6.07, 6.45) is 4.67. The van der Waals surface area contributed by atoms with Crippen molar-refractivity contribution >= 4 is 23.0 Å². The lowest BCUT2D eigenvalue weighted by Crippen LogP contribution is -2.36. The number of imidazole rings is 1. The summed E-state index contributed by atoms with van der Waals surface area (Å²) >= 11 is 1.63.